The number of hydrogen-bond donors (Lipinski definition) is 0. The van der Waals surface area contributed by atoms with Crippen LogP contribution in [0, 0.1) is 6.92 Å². The van der Waals surface area contributed by atoms with Crippen molar-refractivity contribution in [2.24, 2.45) is 0 Å². The van der Waals surface area contributed by atoms with Gasteiger partial charge < -0.3 is 19.1 Å². The molecule has 5 aromatic rings. The maximum atomic E-state index is 13.9. The van der Waals surface area contributed by atoms with Crippen LogP contribution in [-0.2, 0) is 14.8 Å². The average Bonchev–Trinajstić information content (AvgIpc) is 3.40. The van der Waals surface area contributed by atoms with E-state index < -0.39 is 10.0 Å². The van der Waals surface area contributed by atoms with Gasteiger partial charge in [-0.1, -0.05) is 41.4 Å². The van der Waals surface area contributed by atoms with E-state index in [0.29, 0.717) is 60.0 Å². The largest absolute Gasteiger partial charge is 0.378 e. The zero-order valence-corrected chi connectivity index (χ0v) is 26.4. The molecule has 0 unspecified atom stereocenters. The lowest BCUT2D eigenvalue weighted by atomic mass is 10.0. The Hall–Kier alpha value is -3.96. The van der Waals surface area contributed by atoms with Crippen molar-refractivity contribution in [3.05, 3.63) is 112 Å². The minimum Gasteiger partial charge on any atom is -0.378 e. The summed E-state index contributed by atoms with van der Waals surface area (Å²) in [6.07, 6.45) is 5.04. The Kier molecular flexibility index (Phi) is 8.34. The van der Waals surface area contributed by atoms with Crippen LogP contribution in [-0.4, -0.2) is 73.8 Å². The van der Waals surface area contributed by atoms with Crippen LogP contribution in [0.1, 0.15) is 17.2 Å². The van der Waals surface area contributed by atoms with Gasteiger partial charge in [0.15, 0.2) is 5.65 Å². The summed E-state index contributed by atoms with van der Waals surface area (Å²) in [5.74, 6) is 0. The Labute approximate surface area is 261 Å². The quantitative estimate of drug-likeness (QED) is 0.237. The number of aromatic nitrogens is 3. The van der Waals surface area contributed by atoms with E-state index in [1.54, 1.807) is 53.5 Å². The molecule has 0 spiro atoms. The first kappa shape index (κ1) is 30.1. The van der Waals surface area contributed by atoms with Gasteiger partial charge in [0, 0.05) is 54.1 Å². The molecule has 0 N–H and O–H groups in total. The number of ether oxygens (including phenoxy) is 1. The summed E-state index contributed by atoms with van der Waals surface area (Å²) in [5, 5.41) is 1.24. The maximum Gasteiger partial charge on any atom is 0.269 e. The molecule has 0 bridgehead atoms. The minimum absolute atomic E-state index is 0.161. The molecule has 228 valence electrons. The highest BCUT2D eigenvalue weighted by Gasteiger charge is 2.25. The van der Waals surface area contributed by atoms with Crippen molar-refractivity contribution < 1.29 is 13.2 Å². The minimum atomic E-state index is -3.97. The van der Waals surface area contributed by atoms with Gasteiger partial charge in [0.2, 0.25) is 0 Å². The normalized spacial score (nSPS) is 14.8. The molecule has 2 aromatic carbocycles. The molecule has 0 aliphatic carbocycles. The molecular formula is C33H34ClN5O4S. The predicted octanol–water partition coefficient (Wildman–Crippen LogP) is 5.05. The molecule has 1 aliphatic heterocycles. The third-order valence-electron chi connectivity index (χ3n) is 7.92. The van der Waals surface area contributed by atoms with Crippen LogP contribution in [0.4, 0.5) is 5.69 Å². The standard InChI is InChI=1S/C33H34ClN5O4S/c1-23-7-9-28(10-8-23)44(41,42)39-21-30(29-19-27(20-35-33(29)39)37-13-15-43-16-14-37)24-11-12-38(32(40)18-24)31(22-36(2)3)25-5-4-6-26(34)17-25/h4-12,17-21,31H,13-16,22H2,1-3H3/t31-/m1/s1. The Morgan fingerprint density at radius 2 is 1.77 bits per heavy atom. The van der Waals surface area contributed by atoms with E-state index in [2.05, 4.69) is 9.88 Å². The summed E-state index contributed by atoms with van der Waals surface area (Å²) in [7, 11) is -0.0580. The third kappa shape index (κ3) is 5.90. The Morgan fingerprint density at radius 3 is 2.45 bits per heavy atom. The van der Waals surface area contributed by atoms with Crippen molar-refractivity contribution in [3.8, 4) is 11.1 Å². The number of rotatable bonds is 8. The molecule has 0 radical (unpaired) electrons. The van der Waals surface area contributed by atoms with Crippen molar-refractivity contribution in [1.29, 1.82) is 0 Å². The van der Waals surface area contributed by atoms with Crippen LogP contribution in [0.15, 0.2) is 95.0 Å². The molecule has 4 heterocycles. The number of halogens is 1. The molecule has 1 fully saturated rings. The number of aryl methyl sites for hydroxylation is 1. The van der Waals surface area contributed by atoms with Crippen LogP contribution >= 0.6 is 11.6 Å². The van der Waals surface area contributed by atoms with Gasteiger partial charge in [-0.05, 0) is 68.5 Å². The predicted molar refractivity (Wildman–Crippen MR) is 174 cm³/mol. The van der Waals surface area contributed by atoms with Crippen molar-refractivity contribution in [1.82, 2.24) is 18.4 Å². The van der Waals surface area contributed by atoms with E-state index in [1.165, 1.54) is 3.97 Å². The van der Waals surface area contributed by atoms with Crippen LogP contribution < -0.4 is 10.5 Å². The highest BCUT2D eigenvalue weighted by molar-refractivity contribution is 7.90. The van der Waals surface area contributed by atoms with Crippen LogP contribution in [0.2, 0.25) is 5.02 Å². The summed E-state index contributed by atoms with van der Waals surface area (Å²) in [4.78, 5) is 22.8. The van der Waals surface area contributed by atoms with E-state index in [0.717, 1.165) is 16.8 Å². The van der Waals surface area contributed by atoms with Crippen LogP contribution in [0.5, 0.6) is 0 Å². The number of benzene rings is 2. The highest BCUT2D eigenvalue weighted by atomic mass is 35.5. The molecular weight excluding hydrogens is 598 g/mol. The van der Waals surface area contributed by atoms with Crippen molar-refractivity contribution in [2.75, 3.05) is 51.8 Å². The fourth-order valence-corrected chi connectivity index (χ4v) is 7.15. The zero-order chi connectivity index (χ0) is 31.0. The SMILES string of the molecule is Cc1ccc(S(=O)(=O)n2cc(-c3ccn([C@H](CN(C)C)c4cccc(Cl)c4)c(=O)c3)c3cc(N4CCOCC4)cnc32)cc1. The van der Waals surface area contributed by atoms with E-state index in [4.69, 9.17) is 16.3 Å². The Balaban J connectivity index is 1.50. The Morgan fingerprint density at radius 1 is 1.02 bits per heavy atom. The fraction of sp³-hybridized carbons (Fsp3) is 0.273. The third-order valence-corrected chi connectivity index (χ3v) is 9.82. The van der Waals surface area contributed by atoms with Gasteiger partial charge in [-0.3, -0.25) is 4.79 Å². The first-order valence-electron chi connectivity index (χ1n) is 14.4. The second kappa shape index (κ2) is 12.2. The molecule has 1 aliphatic rings. The van der Waals surface area contributed by atoms with E-state index in [9.17, 15) is 13.2 Å². The summed E-state index contributed by atoms with van der Waals surface area (Å²) in [6, 6.07) is 19.4. The van der Waals surface area contributed by atoms with Crippen molar-refractivity contribution in [3.63, 3.8) is 0 Å². The van der Waals surface area contributed by atoms with Gasteiger partial charge in [-0.25, -0.2) is 17.4 Å². The molecule has 3 aromatic heterocycles. The number of likely N-dealkylation sites (N-methyl/N-ethyl adjacent to an activating group) is 1. The fourth-order valence-electron chi connectivity index (χ4n) is 5.63. The number of nitrogens with zero attached hydrogens (tertiary/aromatic N) is 5. The van der Waals surface area contributed by atoms with Gasteiger partial charge in [-0.15, -0.1) is 0 Å². The van der Waals surface area contributed by atoms with Crippen LogP contribution in [0.3, 0.4) is 0 Å². The van der Waals surface area contributed by atoms with E-state index in [-0.39, 0.29) is 16.5 Å². The number of morpholine rings is 1. The first-order chi connectivity index (χ1) is 21.1. The lowest BCUT2D eigenvalue weighted by molar-refractivity contribution is 0.122. The summed E-state index contributed by atoms with van der Waals surface area (Å²) in [6.45, 7) is 5.11. The van der Waals surface area contributed by atoms with Crippen LogP contribution in [0.25, 0.3) is 22.2 Å². The van der Waals surface area contributed by atoms with E-state index in [1.807, 2.05) is 62.3 Å². The summed E-state index contributed by atoms with van der Waals surface area (Å²) < 4.78 is 36.2. The number of hydrogen-bond acceptors (Lipinski definition) is 7. The zero-order valence-electron chi connectivity index (χ0n) is 24.9. The maximum absolute atomic E-state index is 13.9. The molecule has 1 saturated heterocycles. The lowest BCUT2D eigenvalue weighted by Gasteiger charge is -2.28. The second-order valence-electron chi connectivity index (χ2n) is 11.3. The number of anilines is 1. The molecule has 44 heavy (non-hydrogen) atoms. The Bertz CT molecular complexity index is 1980. The molecule has 1 atom stereocenters. The van der Waals surface area contributed by atoms with Crippen molar-refractivity contribution >= 4 is 38.3 Å². The monoisotopic (exact) mass is 631 g/mol. The molecule has 0 saturated carbocycles. The lowest BCUT2D eigenvalue weighted by Crippen LogP contribution is -2.36. The summed E-state index contributed by atoms with van der Waals surface area (Å²) >= 11 is 6.30. The second-order valence-corrected chi connectivity index (χ2v) is 13.6. The number of pyridine rings is 2. The molecule has 0 amide bonds. The molecule has 9 nitrogen and oxygen atoms in total. The average molecular weight is 632 g/mol. The highest BCUT2D eigenvalue weighted by Crippen LogP contribution is 2.34. The van der Waals surface area contributed by atoms with Gasteiger partial charge in [0.25, 0.3) is 15.6 Å². The van der Waals surface area contributed by atoms with Gasteiger partial charge >= 0.3 is 0 Å². The topological polar surface area (TPSA) is 89.7 Å². The summed E-state index contributed by atoms with van der Waals surface area (Å²) in [5.41, 5.74) is 4.04. The van der Waals surface area contributed by atoms with Gasteiger partial charge in [-0.2, -0.15) is 0 Å². The molecule has 6 rings (SSSR count). The van der Waals surface area contributed by atoms with Crippen molar-refractivity contribution in [2.45, 2.75) is 17.9 Å². The molecule has 11 heteroatoms. The van der Waals surface area contributed by atoms with E-state index >= 15 is 0 Å². The van der Waals surface area contributed by atoms with Gasteiger partial charge in [0.1, 0.15) is 0 Å². The first-order valence-corrected chi connectivity index (χ1v) is 16.2. The smallest absolute Gasteiger partial charge is 0.269 e. The number of fused-ring (bicyclic) bond motifs is 1. The van der Waals surface area contributed by atoms with Gasteiger partial charge in [0.05, 0.1) is 36.0 Å².